The van der Waals surface area contributed by atoms with Crippen molar-refractivity contribution in [3.05, 3.63) is 0 Å². The summed E-state index contributed by atoms with van der Waals surface area (Å²) in [6.45, 7) is 2.52. The molecule has 0 aliphatic carbocycles. The van der Waals surface area contributed by atoms with Gasteiger partial charge < -0.3 is 9.47 Å². The van der Waals surface area contributed by atoms with E-state index in [1.54, 1.807) is 13.8 Å². The Balaban J connectivity index is 3.11. The molecule has 0 rings (SSSR count). The van der Waals surface area contributed by atoms with E-state index in [0.29, 0.717) is 0 Å². The molecule has 0 saturated carbocycles. The van der Waals surface area contributed by atoms with Crippen LogP contribution in [-0.4, -0.2) is 25.5 Å². The molecule has 0 atom stereocenters. The van der Waals surface area contributed by atoms with Crippen molar-refractivity contribution in [2.75, 3.05) is 13.6 Å². The number of rotatable bonds is 8. The fraction of sp³-hybridized carbons (Fsp3) is 0.750. The van der Waals surface area contributed by atoms with Gasteiger partial charge in [-0.1, -0.05) is 18.9 Å². The maximum Gasteiger partial charge on any atom is 0.307 e. The van der Waals surface area contributed by atoms with E-state index < -0.39 is 11.9 Å². The first kappa shape index (κ1) is 13.8. The Morgan fingerprint density at radius 3 is 1.60 bits per heavy atom. The molecule has 0 unspecified atom stereocenters. The molecule has 0 heterocycles. The smallest absolute Gasteiger partial charge is 0.307 e. The number of carbonyl (C=O) groups excluding carboxylic acids is 2. The quantitative estimate of drug-likeness (QED) is 0.196. The third kappa shape index (κ3) is 9.13. The maximum absolute atomic E-state index is 10.6. The van der Waals surface area contributed by atoms with Crippen LogP contribution in [0.1, 0.15) is 26.7 Å². The Bertz CT molecular complexity index is 171. The van der Waals surface area contributed by atoms with Crippen molar-refractivity contribution in [3.63, 3.8) is 0 Å². The zero-order valence-electron chi connectivity index (χ0n) is 8.69. The first-order chi connectivity index (χ1) is 7.20. The van der Waals surface area contributed by atoms with Crippen LogP contribution in [0.2, 0.25) is 0 Å². The second-order valence-electron chi connectivity index (χ2n) is 2.28. The summed E-state index contributed by atoms with van der Waals surface area (Å²) in [4.78, 5) is 29.7. The topological polar surface area (TPSA) is 80.3 Å². The molecule has 0 spiro atoms. The van der Waals surface area contributed by atoms with Gasteiger partial charge in [-0.25, -0.2) is 0 Å². The standard InChI is InChI=1S/C8H14O7/c1-3-7(9)11-5-13-15-14-6-12-8(10)4-2/h3-6H2,1-2H3. The summed E-state index contributed by atoms with van der Waals surface area (Å²) in [6.07, 6.45) is 0.497. The lowest BCUT2D eigenvalue weighted by Crippen LogP contribution is -2.10. The van der Waals surface area contributed by atoms with Crippen molar-refractivity contribution < 1.29 is 33.9 Å². The number of carbonyl (C=O) groups is 2. The van der Waals surface area contributed by atoms with Gasteiger partial charge in [-0.3, -0.25) is 9.59 Å². The number of hydrogen-bond donors (Lipinski definition) is 0. The van der Waals surface area contributed by atoms with Gasteiger partial charge in [0.25, 0.3) is 0 Å². The number of ether oxygens (including phenoxy) is 2. The molecule has 0 radical (unpaired) electrons. The van der Waals surface area contributed by atoms with E-state index in [1.165, 1.54) is 0 Å². The van der Waals surface area contributed by atoms with Crippen LogP contribution in [0.15, 0.2) is 0 Å². The Hall–Kier alpha value is -1.18. The summed E-state index contributed by atoms with van der Waals surface area (Å²) in [7, 11) is 0. The highest BCUT2D eigenvalue weighted by Crippen LogP contribution is 1.89. The van der Waals surface area contributed by atoms with Gasteiger partial charge in [0.15, 0.2) is 0 Å². The minimum Gasteiger partial charge on any atom is -0.435 e. The van der Waals surface area contributed by atoms with Crippen LogP contribution in [0.25, 0.3) is 0 Å². The van der Waals surface area contributed by atoms with Crippen molar-refractivity contribution in [3.8, 4) is 0 Å². The predicted octanol–water partition coefficient (Wildman–Crippen LogP) is 0.688. The van der Waals surface area contributed by atoms with E-state index >= 15 is 0 Å². The fourth-order valence-corrected chi connectivity index (χ4v) is 0.457. The first-order valence-electron chi connectivity index (χ1n) is 4.43. The number of esters is 2. The third-order valence-electron chi connectivity index (χ3n) is 1.21. The minimum absolute atomic E-state index is 0.248. The lowest BCUT2D eigenvalue weighted by atomic mass is 10.5. The highest BCUT2D eigenvalue weighted by atomic mass is 17.5. The van der Waals surface area contributed by atoms with Gasteiger partial charge in [0.05, 0.1) is 0 Å². The fourth-order valence-electron chi connectivity index (χ4n) is 0.457. The summed E-state index contributed by atoms with van der Waals surface area (Å²) >= 11 is 0. The van der Waals surface area contributed by atoms with Gasteiger partial charge in [0.1, 0.15) is 0 Å². The van der Waals surface area contributed by atoms with Crippen LogP contribution in [0, 0.1) is 0 Å². The first-order valence-corrected chi connectivity index (χ1v) is 4.43. The third-order valence-corrected chi connectivity index (χ3v) is 1.21. The Morgan fingerprint density at radius 1 is 0.867 bits per heavy atom. The van der Waals surface area contributed by atoms with Crippen LogP contribution in [-0.2, 0) is 33.9 Å². The molecule has 0 bridgehead atoms. The van der Waals surface area contributed by atoms with E-state index in [-0.39, 0.29) is 26.4 Å². The van der Waals surface area contributed by atoms with Crippen molar-refractivity contribution in [2.24, 2.45) is 0 Å². The van der Waals surface area contributed by atoms with Crippen molar-refractivity contribution in [2.45, 2.75) is 26.7 Å². The molecule has 0 amide bonds. The molecule has 15 heavy (non-hydrogen) atoms. The molecule has 0 aromatic heterocycles. The molecular weight excluding hydrogens is 208 g/mol. The van der Waals surface area contributed by atoms with Crippen LogP contribution >= 0.6 is 0 Å². The van der Waals surface area contributed by atoms with Crippen LogP contribution in [0.3, 0.4) is 0 Å². The van der Waals surface area contributed by atoms with E-state index in [9.17, 15) is 9.59 Å². The van der Waals surface area contributed by atoms with Gasteiger partial charge in [-0.05, 0) is 0 Å². The van der Waals surface area contributed by atoms with E-state index in [1.807, 2.05) is 0 Å². The zero-order chi connectivity index (χ0) is 11.5. The molecule has 7 heteroatoms. The lowest BCUT2D eigenvalue weighted by molar-refractivity contribution is -0.536. The maximum atomic E-state index is 10.6. The Kier molecular flexibility index (Phi) is 8.64. The van der Waals surface area contributed by atoms with E-state index in [2.05, 4.69) is 24.3 Å². The molecule has 88 valence electrons. The Labute approximate surface area is 87.0 Å². The van der Waals surface area contributed by atoms with Crippen LogP contribution in [0.4, 0.5) is 0 Å². The summed E-state index contributed by atoms with van der Waals surface area (Å²) in [5.74, 6) is -0.841. The highest BCUT2D eigenvalue weighted by Gasteiger charge is 1.99. The van der Waals surface area contributed by atoms with Crippen LogP contribution < -0.4 is 0 Å². The summed E-state index contributed by atoms with van der Waals surface area (Å²) in [6, 6.07) is 0. The average Bonchev–Trinajstić information content (AvgIpc) is 2.26. The molecule has 7 nitrogen and oxygen atoms in total. The van der Waals surface area contributed by atoms with E-state index in [4.69, 9.17) is 0 Å². The van der Waals surface area contributed by atoms with E-state index in [0.717, 1.165) is 0 Å². The average molecular weight is 222 g/mol. The molecule has 0 aromatic carbocycles. The van der Waals surface area contributed by atoms with Crippen molar-refractivity contribution >= 4 is 11.9 Å². The predicted molar refractivity (Wildman–Crippen MR) is 45.8 cm³/mol. The molecule has 0 aliphatic heterocycles. The Morgan fingerprint density at radius 2 is 1.27 bits per heavy atom. The van der Waals surface area contributed by atoms with Crippen LogP contribution in [0.5, 0.6) is 0 Å². The molecule has 0 N–H and O–H groups in total. The van der Waals surface area contributed by atoms with Gasteiger partial charge in [-0.2, -0.15) is 9.78 Å². The lowest BCUT2D eigenvalue weighted by Gasteiger charge is -2.04. The van der Waals surface area contributed by atoms with Crippen molar-refractivity contribution in [1.29, 1.82) is 0 Å². The minimum atomic E-state index is -0.420. The molecule has 0 saturated heterocycles. The van der Waals surface area contributed by atoms with Gasteiger partial charge in [-0.15, -0.1) is 0 Å². The van der Waals surface area contributed by atoms with Crippen molar-refractivity contribution in [1.82, 2.24) is 0 Å². The molecular formula is C8H14O7. The summed E-state index contributed by atoms with van der Waals surface area (Å²) in [5.41, 5.74) is 0. The monoisotopic (exact) mass is 222 g/mol. The molecule has 0 aromatic rings. The van der Waals surface area contributed by atoms with Gasteiger partial charge in [0, 0.05) is 12.8 Å². The molecule has 0 fully saturated rings. The summed E-state index contributed by atoms with van der Waals surface area (Å²) < 4.78 is 8.93. The van der Waals surface area contributed by atoms with Gasteiger partial charge >= 0.3 is 11.9 Å². The highest BCUT2D eigenvalue weighted by molar-refractivity contribution is 5.68. The van der Waals surface area contributed by atoms with Gasteiger partial charge in [0.2, 0.25) is 13.6 Å². The second kappa shape index (κ2) is 9.38. The zero-order valence-corrected chi connectivity index (χ0v) is 8.69. The normalized spacial score (nSPS) is 9.73. The molecule has 0 aliphatic rings. The largest absolute Gasteiger partial charge is 0.435 e. The second-order valence-corrected chi connectivity index (χ2v) is 2.28. The summed E-state index contributed by atoms with van der Waals surface area (Å²) in [5, 5.41) is 4.07. The number of hydrogen-bond acceptors (Lipinski definition) is 7. The SMILES string of the molecule is CCC(=O)OCOOOCOC(=O)CC.